The maximum Gasteiger partial charge on any atom is 0.271 e. The first-order chi connectivity index (χ1) is 7.20. The lowest BCUT2D eigenvalue weighted by molar-refractivity contribution is 0.813. The van der Waals surface area contributed by atoms with Crippen molar-refractivity contribution in [2.24, 2.45) is 5.73 Å². The van der Waals surface area contributed by atoms with E-state index in [1.807, 2.05) is 24.3 Å². The first kappa shape index (κ1) is 10.2. The van der Waals surface area contributed by atoms with Gasteiger partial charge in [0, 0.05) is 17.1 Å². The molecular weight excluding hydrogens is 258 g/mol. The lowest BCUT2D eigenvalue weighted by Gasteiger charge is -2.01. The van der Waals surface area contributed by atoms with Crippen LogP contribution in [0.4, 0.5) is 0 Å². The quantitative estimate of drug-likeness (QED) is 0.864. The minimum absolute atomic E-state index is 0.0993. The van der Waals surface area contributed by atoms with Crippen molar-refractivity contribution in [1.29, 1.82) is 0 Å². The van der Waals surface area contributed by atoms with E-state index in [1.165, 1.54) is 10.7 Å². The Morgan fingerprint density at radius 1 is 1.33 bits per heavy atom. The third kappa shape index (κ3) is 2.03. The average molecular weight is 268 g/mol. The molecule has 2 aromatic rings. The van der Waals surface area contributed by atoms with Gasteiger partial charge >= 0.3 is 0 Å². The molecule has 0 radical (unpaired) electrons. The summed E-state index contributed by atoms with van der Waals surface area (Å²) in [5, 5.41) is 2.93. The molecule has 78 valence electrons. The molecule has 4 nitrogen and oxygen atoms in total. The first-order valence-corrected chi connectivity index (χ1v) is 5.27. The molecule has 0 saturated heterocycles. The van der Waals surface area contributed by atoms with E-state index in [2.05, 4.69) is 21.0 Å². The van der Waals surface area contributed by atoms with E-state index in [-0.39, 0.29) is 5.56 Å². The van der Waals surface area contributed by atoms with E-state index in [9.17, 15) is 4.79 Å². The number of rotatable bonds is 2. The summed E-state index contributed by atoms with van der Waals surface area (Å²) in [6, 6.07) is 8.96. The minimum Gasteiger partial charge on any atom is -0.325 e. The summed E-state index contributed by atoms with van der Waals surface area (Å²) in [5.41, 5.74) is 6.86. The van der Waals surface area contributed by atoms with Crippen LogP contribution in [0.5, 0.6) is 0 Å². The normalized spacial score (nSPS) is 10.5. The summed E-state index contributed by atoms with van der Waals surface area (Å²) >= 11 is 3.34. The van der Waals surface area contributed by atoms with Crippen LogP contribution >= 0.6 is 15.9 Å². The Morgan fingerprint density at radius 3 is 2.53 bits per heavy atom. The highest BCUT2D eigenvalue weighted by atomic mass is 79.9. The van der Waals surface area contributed by atoms with Crippen LogP contribution in [-0.2, 0) is 6.54 Å². The molecule has 0 saturated carbocycles. The molecular formula is C10H10BrN3O. The number of hydrogen-bond acceptors (Lipinski definition) is 2. The number of nitrogens with zero attached hydrogens (tertiary/aromatic N) is 1. The Labute approximate surface area is 94.8 Å². The predicted octanol–water partition coefficient (Wildman–Crippen LogP) is 1.39. The number of aromatic nitrogens is 2. The second kappa shape index (κ2) is 4.04. The third-order valence-corrected chi connectivity index (χ3v) is 2.61. The van der Waals surface area contributed by atoms with Gasteiger partial charge in [0.25, 0.3) is 5.56 Å². The number of H-pyrrole nitrogens is 1. The molecule has 0 aliphatic heterocycles. The van der Waals surface area contributed by atoms with Crippen LogP contribution in [0.1, 0.15) is 5.69 Å². The number of halogens is 1. The van der Waals surface area contributed by atoms with Gasteiger partial charge in [0.15, 0.2) is 0 Å². The monoisotopic (exact) mass is 267 g/mol. The standard InChI is InChI=1S/C10H10BrN3O/c11-7-1-3-9(4-2-7)14-10(15)5-8(6-12)13-14/h1-5,13H,6,12H2. The Morgan fingerprint density at radius 2 is 2.00 bits per heavy atom. The molecule has 5 heteroatoms. The fraction of sp³-hybridized carbons (Fsp3) is 0.100. The van der Waals surface area contributed by atoms with Crippen LogP contribution in [0.2, 0.25) is 0 Å². The highest BCUT2D eigenvalue weighted by Crippen LogP contribution is 2.12. The van der Waals surface area contributed by atoms with Crippen LogP contribution < -0.4 is 11.3 Å². The second-order valence-corrected chi connectivity index (χ2v) is 4.05. The van der Waals surface area contributed by atoms with Gasteiger partial charge in [-0.25, -0.2) is 4.68 Å². The van der Waals surface area contributed by atoms with Crippen molar-refractivity contribution in [2.45, 2.75) is 6.54 Å². The lowest BCUT2D eigenvalue weighted by Crippen LogP contribution is -2.13. The van der Waals surface area contributed by atoms with Crippen LogP contribution in [-0.4, -0.2) is 9.78 Å². The molecule has 0 spiro atoms. The van der Waals surface area contributed by atoms with E-state index in [4.69, 9.17) is 5.73 Å². The van der Waals surface area contributed by atoms with E-state index in [0.29, 0.717) is 6.54 Å². The van der Waals surface area contributed by atoms with Gasteiger partial charge in [-0.2, -0.15) is 0 Å². The van der Waals surface area contributed by atoms with Gasteiger partial charge in [-0.3, -0.25) is 9.89 Å². The van der Waals surface area contributed by atoms with Crippen molar-refractivity contribution in [3.8, 4) is 5.69 Å². The van der Waals surface area contributed by atoms with Crippen LogP contribution in [0.15, 0.2) is 39.6 Å². The lowest BCUT2D eigenvalue weighted by atomic mass is 10.3. The number of nitrogens with two attached hydrogens (primary N) is 1. The second-order valence-electron chi connectivity index (χ2n) is 3.14. The van der Waals surface area contributed by atoms with Gasteiger partial charge in [0.2, 0.25) is 0 Å². The van der Waals surface area contributed by atoms with E-state index in [1.54, 1.807) is 0 Å². The minimum atomic E-state index is -0.0993. The van der Waals surface area contributed by atoms with Crippen molar-refractivity contribution >= 4 is 15.9 Å². The van der Waals surface area contributed by atoms with Crippen molar-refractivity contribution in [3.63, 3.8) is 0 Å². The molecule has 0 aliphatic rings. The Balaban J connectivity index is 2.49. The molecule has 0 aliphatic carbocycles. The maximum absolute atomic E-state index is 11.5. The van der Waals surface area contributed by atoms with Crippen molar-refractivity contribution in [3.05, 3.63) is 50.9 Å². The topological polar surface area (TPSA) is 63.8 Å². The Bertz CT molecular complexity index is 512. The molecule has 1 heterocycles. The molecule has 2 rings (SSSR count). The molecule has 0 amide bonds. The zero-order valence-electron chi connectivity index (χ0n) is 7.90. The Hall–Kier alpha value is -1.33. The molecule has 0 unspecified atom stereocenters. The molecule has 0 atom stereocenters. The smallest absolute Gasteiger partial charge is 0.271 e. The van der Waals surface area contributed by atoms with Gasteiger partial charge in [0.1, 0.15) is 0 Å². The summed E-state index contributed by atoms with van der Waals surface area (Å²) in [7, 11) is 0. The van der Waals surface area contributed by atoms with Crippen molar-refractivity contribution in [2.75, 3.05) is 0 Å². The van der Waals surface area contributed by atoms with Gasteiger partial charge in [-0.1, -0.05) is 15.9 Å². The highest BCUT2D eigenvalue weighted by molar-refractivity contribution is 9.10. The SMILES string of the molecule is NCc1cc(=O)n(-c2ccc(Br)cc2)[nH]1. The van der Waals surface area contributed by atoms with E-state index < -0.39 is 0 Å². The summed E-state index contributed by atoms with van der Waals surface area (Å²) in [4.78, 5) is 11.5. The summed E-state index contributed by atoms with van der Waals surface area (Å²) in [6.07, 6.45) is 0. The van der Waals surface area contributed by atoms with Gasteiger partial charge < -0.3 is 5.73 Å². The van der Waals surface area contributed by atoms with Crippen LogP contribution in [0, 0.1) is 0 Å². The fourth-order valence-electron chi connectivity index (χ4n) is 1.33. The number of benzene rings is 1. The zero-order chi connectivity index (χ0) is 10.8. The summed E-state index contributed by atoms with van der Waals surface area (Å²) in [6.45, 7) is 0.332. The van der Waals surface area contributed by atoms with Crippen molar-refractivity contribution < 1.29 is 0 Å². The molecule has 3 N–H and O–H groups in total. The van der Waals surface area contributed by atoms with Gasteiger partial charge in [0.05, 0.1) is 11.4 Å². The maximum atomic E-state index is 11.5. The fourth-order valence-corrected chi connectivity index (χ4v) is 1.60. The zero-order valence-corrected chi connectivity index (χ0v) is 9.49. The van der Waals surface area contributed by atoms with Gasteiger partial charge in [-0.05, 0) is 24.3 Å². The van der Waals surface area contributed by atoms with Gasteiger partial charge in [-0.15, -0.1) is 0 Å². The van der Waals surface area contributed by atoms with Crippen LogP contribution in [0.3, 0.4) is 0 Å². The molecule has 0 bridgehead atoms. The molecule has 1 aromatic heterocycles. The molecule has 0 fully saturated rings. The Kier molecular flexibility index (Phi) is 2.75. The van der Waals surface area contributed by atoms with Crippen molar-refractivity contribution in [1.82, 2.24) is 9.78 Å². The largest absolute Gasteiger partial charge is 0.325 e. The predicted molar refractivity (Wildman–Crippen MR) is 62.0 cm³/mol. The van der Waals surface area contributed by atoms with E-state index in [0.717, 1.165) is 15.9 Å². The third-order valence-electron chi connectivity index (χ3n) is 2.08. The first-order valence-electron chi connectivity index (χ1n) is 4.47. The van der Waals surface area contributed by atoms with E-state index >= 15 is 0 Å². The summed E-state index contributed by atoms with van der Waals surface area (Å²) in [5.74, 6) is 0. The summed E-state index contributed by atoms with van der Waals surface area (Å²) < 4.78 is 2.44. The average Bonchev–Trinajstić information content (AvgIpc) is 2.61. The number of hydrogen-bond donors (Lipinski definition) is 2. The number of nitrogens with one attached hydrogen (secondary N) is 1. The highest BCUT2D eigenvalue weighted by Gasteiger charge is 2.03. The number of aromatic amines is 1. The molecule has 15 heavy (non-hydrogen) atoms. The molecule has 1 aromatic carbocycles. The van der Waals surface area contributed by atoms with Crippen LogP contribution in [0.25, 0.3) is 5.69 Å².